The fourth-order valence-electron chi connectivity index (χ4n) is 3.55. The van der Waals surface area contributed by atoms with Crippen molar-refractivity contribution in [2.24, 2.45) is 0 Å². The fourth-order valence-corrected chi connectivity index (χ4v) is 3.55. The number of nitrogens with one attached hydrogen (secondary N) is 2. The van der Waals surface area contributed by atoms with Gasteiger partial charge in [-0.2, -0.15) is 0 Å². The maximum atomic E-state index is 12.9. The molecule has 0 saturated carbocycles. The summed E-state index contributed by atoms with van der Waals surface area (Å²) in [6.07, 6.45) is 3.17. The Bertz CT molecular complexity index is 1210. The van der Waals surface area contributed by atoms with Gasteiger partial charge in [-0.15, -0.1) is 0 Å². The van der Waals surface area contributed by atoms with Crippen LogP contribution in [-0.2, 0) is 9.53 Å². The number of benzene rings is 2. The standard InChI is InChI=1S/C25H23N3O6/c29-24(17-6-2-1-3-7-17)27-22(25(30)26-16-21-10-5-13-33-21)15-20-11-12-23(34-20)18-8-4-9-19(14-18)28(31)32/h1-4,6-9,11-12,14-15,21H,5,10,13,16H2,(H,26,30)(H,27,29)/b22-15-. The monoisotopic (exact) mass is 461 g/mol. The van der Waals surface area contributed by atoms with Crippen molar-refractivity contribution in [2.75, 3.05) is 13.2 Å². The van der Waals surface area contributed by atoms with Crippen LogP contribution in [0.15, 0.2) is 76.8 Å². The number of amides is 2. The van der Waals surface area contributed by atoms with Gasteiger partial charge < -0.3 is 19.8 Å². The number of carbonyl (C=O) groups is 2. The van der Waals surface area contributed by atoms with Crippen molar-refractivity contribution in [3.63, 3.8) is 0 Å². The molecule has 9 nitrogen and oxygen atoms in total. The zero-order valence-corrected chi connectivity index (χ0v) is 18.2. The van der Waals surface area contributed by atoms with Gasteiger partial charge in [0.15, 0.2) is 0 Å². The molecule has 1 aliphatic rings. The summed E-state index contributed by atoms with van der Waals surface area (Å²) in [7, 11) is 0. The molecule has 174 valence electrons. The van der Waals surface area contributed by atoms with Crippen molar-refractivity contribution in [2.45, 2.75) is 18.9 Å². The molecule has 0 radical (unpaired) electrons. The van der Waals surface area contributed by atoms with Gasteiger partial charge in [0.2, 0.25) is 0 Å². The number of nitro benzene ring substituents is 1. The SMILES string of the molecule is O=C(NCC1CCCO1)/C(=C/c1ccc(-c2cccc([N+](=O)[O-])c2)o1)NC(=O)c1ccccc1. The van der Waals surface area contributed by atoms with E-state index in [0.717, 1.165) is 12.8 Å². The molecule has 2 aromatic carbocycles. The Balaban J connectivity index is 1.56. The first-order valence-electron chi connectivity index (χ1n) is 10.8. The summed E-state index contributed by atoms with van der Waals surface area (Å²) in [4.78, 5) is 36.2. The minimum Gasteiger partial charge on any atom is -0.457 e. The molecule has 0 aliphatic carbocycles. The molecule has 1 atom stereocenters. The van der Waals surface area contributed by atoms with E-state index in [1.165, 1.54) is 18.2 Å². The first kappa shape index (κ1) is 22.9. The number of hydrogen-bond donors (Lipinski definition) is 2. The molecule has 2 amide bonds. The summed E-state index contributed by atoms with van der Waals surface area (Å²) in [5, 5.41) is 16.5. The predicted molar refractivity (Wildman–Crippen MR) is 125 cm³/mol. The Morgan fingerprint density at radius 1 is 1.09 bits per heavy atom. The van der Waals surface area contributed by atoms with Gasteiger partial charge in [0.1, 0.15) is 17.2 Å². The molecule has 1 unspecified atom stereocenters. The number of rotatable bonds is 8. The highest BCUT2D eigenvalue weighted by Gasteiger charge is 2.20. The van der Waals surface area contributed by atoms with E-state index in [4.69, 9.17) is 9.15 Å². The molecule has 3 aromatic rings. The minimum absolute atomic E-state index is 0.00629. The van der Waals surface area contributed by atoms with Crippen LogP contribution in [0.5, 0.6) is 0 Å². The van der Waals surface area contributed by atoms with E-state index in [0.29, 0.717) is 35.8 Å². The van der Waals surface area contributed by atoms with Crippen molar-refractivity contribution in [3.05, 3.63) is 93.9 Å². The Labute approximate surface area is 195 Å². The van der Waals surface area contributed by atoms with Gasteiger partial charge in [-0.05, 0) is 37.1 Å². The molecule has 2 heterocycles. The first-order valence-corrected chi connectivity index (χ1v) is 10.8. The van der Waals surface area contributed by atoms with Crippen LogP contribution in [0.2, 0.25) is 0 Å². The summed E-state index contributed by atoms with van der Waals surface area (Å²) in [6, 6.07) is 17.8. The maximum Gasteiger partial charge on any atom is 0.270 e. The van der Waals surface area contributed by atoms with Gasteiger partial charge in [-0.25, -0.2) is 0 Å². The second kappa shape index (κ2) is 10.6. The molecule has 2 N–H and O–H groups in total. The van der Waals surface area contributed by atoms with Crippen molar-refractivity contribution in [3.8, 4) is 11.3 Å². The van der Waals surface area contributed by atoms with Gasteiger partial charge >= 0.3 is 0 Å². The number of ether oxygens (including phenoxy) is 1. The molecule has 34 heavy (non-hydrogen) atoms. The van der Waals surface area contributed by atoms with E-state index in [9.17, 15) is 19.7 Å². The fraction of sp³-hybridized carbons (Fsp3) is 0.200. The lowest BCUT2D eigenvalue weighted by Crippen LogP contribution is -2.38. The van der Waals surface area contributed by atoms with E-state index < -0.39 is 16.7 Å². The zero-order valence-electron chi connectivity index (χ0n) is 18.2. The van der Waals surface area contributed by atoms with Crippen LogP contribution in [0.4, 0.5) is 5.69 Å². The quantitative estimate of drug-likeness (QED) is 0.298. The molecular weight excluding hydrogens is 438 g/mol. The van der Waals surface area contributed by atoms with Crippen molar-refractivity contribution in [1.82, 2.24) is 10.6 Å². The van der Waals surface area contributed by atoms with E-state index in [-0.39, 0.29) is 17.5 Å². The predicted octanol–water partition coefficient (Wildman–Crippen LogP) is 3.92. The van der Waals surface area contributed by atoms with Crippen LogP contribution in [-0.4, -0.2) is 36.0 Å². The van der Waals surface area contributed by atoms with Crippen LogP contribution in [0.3, 0.4) is 0 Å². The molecule has 1 fully saturated rings. The number of non-ortho nitro benzene ring substituents is 1. The largest absolute Gasteiger partial charge is 0.457 e. The number of carbonyl (C=O) groups excluding carboxylic acids is 2. The van der Waals surface area contributed by atoms with Crippen molar-refractivity contribution < 1.29 is 23.7 Å². The smallest absolute Gasteiger partial charge is 0.270 e. The van der Waals surface area contributed by atoms with Crippen LogP contribution in [0.1, 0.15) is 29.0 Å². The molecule has 1 saturated heterocycles. The lowest BCUT2D eigenvalue weighted by atomic mass is 10.1. The van der Waals surface area contributed by atoms with Crippen LogP contribution >= 0.6 is 0 Å². The van der Waals surface area contributed by atoms with Gasteiger partial charge in [0.05, 0.1) is 11.0 Å². The Morgan fingerprint density at radius 3 is 2.65 bits per heavy atom. The van der Waals surface area contributed by atoms with Gasteiger partial charge in [-0.3, -0.25) is 19.7 Å². The summed E-state index contributed by atoms with van der Waals surface area (Å²) in [5.74, 6) is -0.224. The topological polar surface area (TPSA) is 124 Å². The third-order valence-corrected chi connectivity index (χ3v) is 5.30. The Kier molecular flexibility index (Phi) is 7.14. The molecule has 4 rings (SSSR count). The third-order valence-electron chi connectivity index (χ3n) is 5.30. The van der Waals surface area contributed by atoms with E-state index >= 15 is 0 Å². The Morgan fingerprint density at radius 2 is 1.91 bits per heavy atom. The highest BCUT2D eigenvalue weighted by molar-refractivity contribution is 6.05. The van der Waals surface area contributed by atoms with Gasteiger partial charge in [0, 0.05) is 42.5 Å². The minimum atomic E-state index is -0.483. The molecule has 0 bridgehead atoms. The van der Waals surface area contributed by atoms with Crippen LogP contribution in [0, 0.1) is 10.1 Å². The average Bonchev–Trinajstić information content (AvgIpc) is 3.55. The second-order valence-corrected chi connectivity index (χ2v) is 7.73. The number of nitro groups is 1. The normalized spacial score (nSPS) is 15.6. The summed E-state index contributed by atoms with van der Waals surface area (Å²) < 4.78 is 11.3. The third kappa shape index (κ3) is 5.76. The summed E-state index contributed by atoms with van der Waals surface area (Å²) >= 11 is 0. The second-order valence-electron chi connectivity index (χ2n) is 7.73. The van der Waals surface area contributed by atoms with Gasteiger partial charge in [0.25, 0.3) is 17.5 Å². The highest BCUT2D eigenvalue weighted by Crippen LogP contribution is 2.26. The molecule has 0 spiro atoms. The van der Waals surface area contributed by atoms with Crippen LogP contribution in [0.25, 0.3) is 17.4 Å². The maximum absolute atomic E-state index is 12.9. The summed E-state index contributed by atoms with van der Waals surface area (Å²) in [5.41, 5.74) is 0.866. The lowest BCUT2D eigenvalue weighted by molar-refractivity contribution is -0.384. The van der Waals surface area contributed by atoms with Gasteiger partial charge in [-0.1, -0.05) is 30.3 Å². The van der Waals surface area contributed by atoms with Crippen molar-refractivity contribution in [1.29, 1.82) is 0 Å². The average molecular weight is 461 g/mol. The molecule has 1 aliphatic heterocycles. The number of hydrogen-bond acceptors (Lipinski definition) is 6. The van der Waals surface area contributed by atoms with Crippen LogP contribution < -0.4 is 10.6 Å². The first-order chi connectivity index (χ1) is 16.5. The number of furan rings is 1. The zero-order chi connectivity index (χ0) is 23.9. The van der Waals surface area contributed by atoms with E-state index in [1.807, 2.05) is 0 Å². The summed E-state index contributed by atoms with van der Waals surface area (Å²) in [6.45, 7) is 0.995. The number of nitrogens with zero attached hydrogens (tertiary/aromatic N) is 1. The van der Waals surface area contributed by atoms with E-state index in [2.05, 4.69) is 10.6 Å². The van der Waals surface area contributed by atoms with E-state index in [1.54, 1.807) is 54.6 Å². The lowest BCUT2D eigenvalue weighted by Gasteiger charge is -2.13. The molecule has 9 heteroatoms. The highest BCUT2D eigenvalue weighted by atomic mass is 16.6. The molecular formula is C25H23N3O6. The van der Waals surface area contributed by atoms with Crippen molar-refractivity contribution >= 4 is 23.6 Å². The molecule has 1 aromatic heterocycles. The Hall–Kier alpha value is -4.24.